The monoisotopic (exact) mass is 293 g/mol. The van der Waals surface area contributed by atoms with E-state index >= 15 is 0 Å². The van der Waals surface area contributed by atoms with E-state index < -0.39 is 0 Å². The molecule has 1 aromatic rings. The summed E-state index contributed by atoms with van der Waals surface area (Å²) >= 11 is 3.49. The maximum absolute atomic E-state index is 3.69. The Kier molecular flexibility index (Phi) is 3.53. The van der Waals surface area contributed by atoms with Crippen molar-refractivity contribution in [1.82, 2.24) is 5.32 Å². The van der Waals surface area contributed by atoms with Gasteiger partial charge in [-0.3, -0.25) is 0 Å². The van der Waals surface area contributed by atoms with Gasteiger partial charge in [0.15, 0.2) is 0 Å². The van der Waals surface area contributed by atoms with Crippen molar-refractivity contribution in [2.45, 2.75) is 44.1 Å². The predicted molar refractivity (Wildman–Crippen MR) is 75.2 cm³/mol. The quantitative estimate of drug-likeness (QED) is 0.862. The van der Waals surface area contributed by atoms with Crippen LogP contribution in [-0.4, -0.2) is 12.6 Å². The molecule has 0 atom stereocenters. The molecule has 1 nitrogen and oxygen atoms in total. The molecule has 0 bridgehead atoms. The Bertz CT molecular complexity index is 363. The highest BCUT2D eigenvalue weighted by Gasteiger charge is 2.30. The van der Waals surface area contributed by atoms with Crippen LogP contribution < -0.4 is 5.32 Å². The Balaban J connectivity index is 1.39. The molecule has 0 aromatic heterocycles. The fourth-order valence-corrected chi connectivity index (χ4v) is 2.95. The number of rotatable bonds is 5. The van der Waals surface area contributed by atoms with Crippen LogP contribution in [0.4, 0.5) is 0 Å². The van der Waals surface area contributed by atoms with E-state index in [1.165, 1.54) is 48.7 Å². The fourth-order valence-electron chi connectivity index (χ4n) is 2.69. The smallest absolute Gasteiger partial charge is 0.0175 e. The molecule has 0 unspecified atom stereocenters. The topological polar surface area (TPSA) is 12.0 Å². The molecule has 3 rings (SSSR count). The van der Waals surface area contributed by atoms with Gasteiger partial charge < -0.3 is 5.32 Å². The lowest BCUT2D eigenvalue weighted by molar-refractivity contribution is 0.289. The molecule has 2 aliphatic carbocycles. The van der Waals surface area contributed by atoms with Crippen LogP contribution in [0, 0.1) is 5.92 Å². The molecule has 17 heavy (non-hydrogen) atoms. The molecule has 0 radical (unpaired) electrons. The first-order valence-electron chi connectivity index (χ1n) is 6.80. The first-order chi connectivity index (χ1) is 8.31. The lowest BCUT2D eigenvalue weighted by Crippen LogP contribution is -2.40. The second kappa shape index (κ2) is 5.11. The maximum Gasteiger partial charge on any atom is 0.0175 e. The molecule has 0 aliphatic heterocycles. The number of benzene rings is 1. The van der Waals surface area contributed by atoms with Crippen molar-refractivity contribution in [3.8, 4) is 0 Å². The largest absolute Gasteiger partial charge is 0.314 e. The lowest BCUT2D eigenvalue weighted by Gasteiger charge is -2.36. The standard InChI is InChI=1S/C15H20BrN/c16-14-5-3-12(4-6-14)13-9-15(10-13)17-8-7-11-1-2-11/h3-6,11,13,15,17H,1-2,7-10H2. The van der Waals surface area contributed by atoms with Crippen LogP contribution in [0.5, 0.6) is 0 Å². The van der Waals surface area contributed by atoms with Crippen molar-refractivity contribution >= 4 is 15.9 Å². The summed E-state index contributed by atoms with van der Waals surface area (Å²) < 4.78 is 1.18. The molecule has 1 N–H and O–H groups in total. The Morgan fingerprint density at radius 3 is 2.47 bits per heavy atom. The van der Waals surface area contributed by atoms with Gasteiger partial charge in [0.1, 0.15) is 0 Å². The predicted octanol–water partition coefficient (Wildman–Crippen LogP) is 4.08. The Hall–Kier alpha value is -0.340. The van der Waals surface area contributed by atoms with Crippen LogP contribution in [0.2, 0.25) is 0 Å². The van der Waals surface area contributed by atoms with Crippen molar-refractivity contribution in [1.29, 1.82) is 0 Å². The lowest BCUT2D eigenvalue weighted by atomic mass is 9.76. The van der Waals surface area contributed by atoms with E-state index in [2.05, 4.69) is 45.5 Å². The van der Waals surface area contributed by atoms with Crippen molar-refractivity contribution in [2.24, 2.45) is 5.92 Å². The second-order valence-corrected chi connectivity index (χ2v) is 6.52. The summed E-state index contributed by atoms with van der Waals surface area (Å²) in [5.41, 5.74) is 1.51. The molecule has 2 saturated carbocycles. The van der Waals surface area contributed by atoms with Gasteiger partial charge in [0.2, 0.25) is 0 Å². The average molecular weight is 294 g/mol. The third kappa shape index (κ3) is 3.11. The third-order valence-corrected chi connectivity index (χ3v) is 4.69. The molecule has 0 heterocycles. The zero-order chi connectivity index (χ0) is 11.7. The Morgan fingerprint density at radius 2 is 1.82 bits per heavy atom. The minimum atomic E-state index is 0.780. The Labute approximate surface area is 112 Å². The molecular formula is C15H20BrN. The van der Waals surface area contributed by atoms with Crippen LogP contribution in [0.3, 0.4) is 0 Å². The highest BCUT2D eigenvalue weighted by molar-refractivity contribution is 9.10. The van der Waals surface area contributed by atoms with E-state index in [4.69, 9.17) is 0 Å². The third-order valence-electron chi connectivity index (χ3n) is 4.16. The number of hydrogen-bond donors (Lipinski definition) is 1. The van der Waals surface area contributed by atoms with Crippen molar-refractivity contribution in [3.05, 3.63) is 34.3 Å². The van der Waals surface area contributed by atoms with E-state index in [1.807, 2.05) is 0 Å². The first kappa shape index (κ1) is 11.7. The van der Waals surface area contributed by atoms with E-state index in [1.54, 1.807) is 0 Å². The SMILES string of the molecule is Brc1ccc(C2CC(NCCC3CC3)C2)cc1. The zero-order valence-electron chi connectivity index (χ0n) is 10.2. The van der Waals surface area contributed by atoms with E-state index in [0.29, 0.717) is 0 Å². The molecule has 2 aliphatic rings. The summed E-state index contributed by atoms with van der Waals surface area (Å²) in [5.74, 6) is 1.85. The van der Waals surface area contributed by atoms with Crippen LogP contribution in [-0.2, 0) is 0 Å². The van der Waals surface area contributed by atoms with Crippen molar-refractivity contribution in [2.75, 3.05) is 6.54 Å². The van der Waals surface area contributed by atoms with Gasteiger partial charge in [-0.1, -0.05) is 40.9 Å². The summed E-state index contributed by atoms with van der Waals surface area (Å²) in [5, 5.41) is 3.69. The number of nitrogens with one attached hydrogen (secondary N) is 1. The number of hydrogen-bond acceptors (Lipinski definition) is 1. The summed E-state index contributed by atoms with van der Waals surface area (Å²) in [6.07, 6.45) is 7.01. The highest BCUT2D eigenvalue weighted by Crippen LogP contribution is 2.37. The molecule has 2 heteroatoms. The van der Waals surface area contributed by atoms with E-state index in [0.717, 1.165) is 17.9 Å². The first-order valence-corrected chi connectivity index (χ1v) is 7.59. The highest BCUT2D eigenvalue weighted by atomic mass is 79.9. The zero-order valence-corrected chi connectivity index (χ0v) is 11.7. The molecule has 92 valence electrons. The summed E-state index contributed by atoms with van der Waals surface area (Å²) in [6.45, 7) is 1.24. The van der Waals surface area contributed by atoms with Gasteiger partial charge in [-0.15, -0.1) is 0 Å². The molecule has 1 aromatic carbocycles. The van der Waals surface area contributed by atoms with Crippen LogP contribution in [0.1, 0.15) is 43.6 Å². The molecule has 2 fully saturated rings. The summed E-state index contributed by atoms with van der Waals surface area (Å²) in [7, 11) is 0. The summed E-state index contributed by atoms with van der Waals surface area (Å²) in [6, 6.07) is 9.61. The van der Waals surface area contributed by atoms with E-state index in [-0.39, 0.29) is 0 Å². The van der Waals surface area contributed by atoms with Gasteiger partial charge in [0.05, 0.1) is 0 Å². The van der Waals surface area contributed by atoms with Gasteiger partial charge in [-0.2, -0.15) is 0 Å². The molecule has 0 amide bonds. The molecular weight excluding hydrogens is 274 g/mol. The second-order valence-electron chi connectivity index (χ2n) is 5.60. The summed E-state index contributed by atoms with van der Waals surface area (Å²) in [4.78, 5) is 0. The van der Waals surface area contributed by atoms with Gasteiger partial charge in [0.25, 0.3) is 0 Å². The van der Waals surface area contributed by atoms with Gasteiger partial charge in [-0.25, -0.2) is 0 Å². The van der Waals surface area contributed by atoms with Crippen molar-refractivity contribution in [3.63, 3.8) is 0 Å². The van der Waals surface area contributed by atoms with Gasteiger partial charge in [0, 0.05) is 10.5 Å². The number of halogens is 1. The van der Waals surface area contributed by atoms with Gasteiger partial charge >= 0.3 is 0 Å². The van der Waals surface area contributed by atoms with Crippen LogP contribution in [0.15, 0.2) is 28.7 Å². The molecule has 0 spiro atoms. The Morgan fingerprint density at radius 1 is 1.12 bits per heavy atom. The minimum Gasteiger partial charge on any atom is -0.314 e. The van der Waals surface area contributed by atoms with E-state index in [9.17, 15) is 0 Å². The van der Waals surface area contributed by atoms with Crippen LogP contribution in [0.25, 0.3) is 0 Å². The van der Waals surface area contributed by atoms with Crippen LogP contribution >= 0.6 is 15.9 Å². The van der Waals surface area contributed by atoms with Gasteiger partial charge in [-0.05, 0) is 55.3 Å². The average Bonchev–Trinajstić information content (AvgIpc) is 3.07. The maximum atomic E-state index is 3.69. The minimum absolute atomic E-state index is 0.780. The van der Waals surface area contributed by atoms with Crippen molar-refractivity contribution < 1.29 is 0 Å². The fraction of sp³-hybridized carbons (Fsp3) is 0.600. The normalized spacial score (nSPS) is 27.8. The molecule has 0 saturated heterocycles.